The smallest absolute Gasteiger partial charge is 0.180 e. The molecule has 21 heavy (non-hydrogen) atoms. The first-order valence-corrected chi connectivity index (χ1v) is 7.87. The number of anilines is 1. The van der Waals surface area contributed by atoms with E-state index in [0.717, 1.165) is 25.3 Å². The van der Waals surface area contributed by atoms with Crippen LogP contribution in [0.2, 0.25) is 0 Å². The second-order valence-electron chi connectivity index (χ2n) is 5.45. The van der Waals surface area contributed by atoms with Crippen molar-refractivity contribution in [3.05, 3.63) is 40.7 Å². The third-order valence-electron chi connectivity index (χ3n) is 3.94. The predicted octanol–water partition coefficient (Wildman–Crippen LogP) is 3.23. The van der Waals surface area contributed by atoms with Gasteiger partial charge in [-0.15, -0.1) is 23.7 Å². The van der Waals surface area contributed by atoms with Crippen LogP contribution in [-0.2, 0) is 6.54 Å². The molecule has 2 N–H and O–H groups in total. The Labute approximate surface area is 135 Å². The minimum Gasteiger partial charge on any atom is -0.375 e. The molecule has 1 fully saturated rings. The van der Waals surface area contributed by atoms with Crippen molar-refractivity contribution in [2.75, 3.05) is 18.8 Å². The van der Waals surface area contributed by atoms with Crippen LogP contribution in [0.15, 0.2) is 24.5 Å². The Morgan fingerprint density at radius 3 is 2.57 bits per heavy atom. The van der Waals surface area contributed by atoms with Crippen molar-refractivity contribution in [3.8, 4) is 0 Å². The fraction of sp³-hybridized carbons (Fsp3) is 0.467. The summed E-state index contributed by atoms with van der Waals surface area (Å²) in [5.74, 6) is 0.658. The van der Waals surface area contributed by atoms with Crippen molar-refractivity contribution in [3.63, 3.8) is 0 Å². The Bertz CT molecular complexity index is 561. The van der Waals surface area contributed by atoms with Gasteiger partial charge in [-0.3, -0.25) is 9.88 Å². The molecule has 0 saturated carbocycles. The molecule has 114 valence electrons. The van der Waals surface area contributed by atoms with E-state index in [1.54, 1.807) is 11.3 Å². The summed E-state index contributed by atoms with van der Waals surface area (Å²) < 4.78 is 0. The third kappa shape index (κ3) is 4.15. The number of piperidine rings is 1. The van der Waals surface area contributed by atoms with Gasteiger partial charge >= 0.3 is 0 Å². The average Bonchev–Trinajstić information content (AvgIpc) is 2.86. The van der Waals surface area contributed by atoms with E-state index in [9.17, 15) is 0 Å². The van der Waals surface area contributed by atoms with Crippen LogP contribution in [-0.4, -0.2) is 28.0 Å². The van der Waals surface area contributed by atoms with Gasteiger partial charge in [0.05, 0.1) is 0 Å². The maximum atomic E-state index is 5.68. The standard InChI is InChI=1S/C15H20N4S.ClH/c1-11-2-3-13(8-17-11)12-4-6-19(7-5-12)10-14-9-18-15(16)20-14;/h2-3,8-9,12H,4-7,10H2,1H3,(H2,16,18);1H. The second-order valence-corrected chi connectivity index (χ2v) is 6.59. The zero-order valence-corrected chi connectivity index (χ0v) is 13.8. The Balaban J connectivity index is 0.00000161. The van der Waals surface area contributed by atoms with Gasteiger partial charge in [0.15, 0.2) is 5.13 Å². The highest BCUT2D eigenvalue weighted by atomic mass is 35.5. The fourth-order valence-electron chi connectivity index (χ4n) is 2.76. The number of likely N-dealkylation sites (tertiary alicyclic amines) is 1. The monoisotopic (exact) mass is 324 g/mol. The number of aryl methyl sites for hydroxylation is 1. The van der Waals surface area contributed by atoms with Gasteiger partial charge < -0.3 is 5.73 Å². The number of aromatic nitrogens is 2. The van der Waals surface area contributed by atoms with Crippen LogP contribution in [0.4, 0.5) is 5.13 Å². The summed E-state index contributed by atoms with van der Waals surface area (Å²) in [6, 6.07) is 4.34. The maximum Gasteiger partial charge on any atom is 0.180 e. The summed E-state index contributed by atoms with van der Waals surface area (Å²) in [5, 5.41) is 0.667. The van der Waals surface area contributed by atoms with Crippen LogP contribution >= 0.6 is 23.7 Å². The van der Waals surface area contributed by atoms with Crippen LogP contribution in [0.3, 0.4) is 0 Å². The van der Waals surface area contributed by atoms with E-state index < -0.39 is 0 Å². The highest BCUT2D eigenvalue weighted by molar-refractivity contribution is 7.15. The molecule has 2 aromatic heterocycles. The van der Waals surface area contributed by atoms with E-state index in [0.29, 0.717) is 11.0 Å². The number of hydrogen-bond acceptors (Lipinski definition) is 5. The largest absolute Gasteiger partial charge is 0.375 e. The summed E-state index contributed by atoms with van der Waals surface area (Å²) in [5.41, 5.74) is 8.15. The molecule has 0 unspecified atom stereocenters. The molecule has 0 atom stereocenters. The van der Waals surface area contributed by atoms with Gasteiger partial charge in [0.25, 0.3) is 0 Å². The van der Waals surface area contributed by atoms with Crippen LogP contribution in [0.25, 0.3) is 0 Å². The highest BCUT2D eigenvalue weighted by Crippen LogP contribution is 2.29. The molecule has 0 bridgehead atoms. The minimum atomic E-state index is 0. The number of thiazole rings is 1. The second kappa shape index (κ2) is 7.20. The van der Waals surface area contributed by atoms with Crippen molar-refractivity contribution in [2.45, 2.75) is 32.2 Å². The Morgan fingerprint density at radius 1 is 1.24 bits per heavy atom. The lowest BCUT2D eigenvalue weighted by atomic mass is 9.90. The van der Waals surface area contributed by atoms with Gasteiger partial charge in [-0.1, -0.05) is 6.07 Å². The third-order valence-corrected chi connectivity index (χ3v) is 4.76. The lowest BCUT2D eigenvalue weighted by Gasteiger charge is -2.31. The quantitative estimate of drug-likeness (QED) is 0.941. The fourth-order valence-corrected chi connectivity index (χ4v) is 3.49. The highest BCUT2D eigenvalue weighted by Gasteiger charge is 2.21. The van der Waals surface area contributed by atoms with Crippen molar-refractivity contribution in [1.82, 2.24) is 14.9 Å². The SMILES string of the molecule is Cc1ccc(C2CCN(Cc3cnc(N)s3)CC2)cn1.Cl. The van der Waals surface area contributed by atoms with Crippen LogP contribution in [0, 0.1) is 6.92 Å². The molecular formula is C15H21ClN4S. The normalized spacial score (nSPS) is 16.6. The first-order chi connectivity index (χ1) is 9.70. The number of rotatable bonds is 3. The van der Waals surface area contributed by atoms with E-state index in [4.69, 9.17) is 5.73 Å². The molecule has 0 spiro atoms. The van der Waals surface area contributed by atoms with Crippen molar-refractivity contribution in [2.24, 2.45) is 0 Å². The number of halogens is 1. The van der Waals surface area contributed by atoms with Gasteiger partial charge in [0.2, 0.25) is 0 Å². The van der Waals surface area contributed by atoms with Gasteiger partial charge in [-0.2, -0.15) is 0 Å². The van der Waals surface area contributed by atoms with Crippen LogP contribution in [0.5, 0.6) is 0 Å². The zero-order chi connectivity index (χ0) is 13.9. The summed E-state index contributed by atoms with van der Waals surface area (Å²) in [7, 11) is 0. The Hall–Kier alpha value is -1.17. The Kier molecular flexibility index (Phi) is 5.56. The van der Waals surface area contributed by atoms with E-state index in [-0.39, 0.29) is 12.4 Å². The molecule has 3 rings (SSSR count). The van der Waals surface area contributed by atoms with Crippen molar-refractivity contribution >= 4 is 28.9 Å². The van der Waals surface area contributed by atoms with Gasteiger partial charge in [0.1, 0.15) is 0 Å². The lowest BCUT2D eigenvalue weighted by Crippen LogP contribution is -2.32. The van der Waals surface area contributed by atoms with E-state index >= 15 is 0 Å². The first-order valence-electron chi connectivity index (χ1n) is 7.06. The van der Waals surface area contributed by atoms with E-state index in [2.05, 4.69) is 27.0 Å². The molecule has 0 radical (unpaired) electrons. The molecular weight excluding hydrogens is 304 g/mol. The molecule has 0 amide bonds. The van der Waals surface area contributed by atoms with Gasteiger partial charge in [-0.05, 0) is 50.4 Å². The molecule has 6 heteroatoms. The van der Waals surface area contributed by atoms with E-state index in [1.165, 1.54) is 23.3 Å². The van der Waals surface area contributed by atoms with Crippen LogP contribution < -0.4 is 5.73 Å². The maximum absolute atomic E-state index is 5.68. The van der Waals surface area contributed by atoms with Gasteiger partial charge in [0, 0.05) is 29.5 Å². The molecule has 2 aromatic rings. The predicted molar refractivity (Wildman–Crippen MR) is 90.0 cm³/mol. The molecule has 4 nitrogen and oxygen atoms in total. The molecule has 1 saturated heterocycles. The molecule has 0 aliphatic carbocycles. The molecule has 1 aliphatic rings. The number of nitrogen functional groups attached to an aromatic ring is 1. The van der Waals surface area contributed by atoms with Crippen molar-refractivity contribution < 1.29 is 0 Å². The van der Waals surface area contributed by atoms with Crippen LogP contribution in [0.1, 0.15) is 34.9 Å². The summed E-state index contributed by atoms with van der Waals surface area (Å²) >= 11 is 1.60. The summed E-state index contributed by atoms with van der Waals surface area (Å²) in [6.45, 7) is 5.29. The number of nitrogens with two attached hydrogens (primary N) is 1. The molecule has 3 heterocycles. The molecule has 1 aliphatic heterocycles. The number of hydrogen-bond donors (Lipinski definition) is 1. The molecule has 0 aromatic carbocycles. The van der Waals surface area contributed by atoms with Gasteiger partial charge in [-0.25, -0.2) is 4.98 Å². The first kappa shape index (κ1) is 16.2. The van der Waals surface area contributed by atoms with E-state index in [1.807, 2.05) is 19.3 Å². The number of pyridine rings is 1. The summed E-state index contributed by atoms with van der Waals surface area (Å²) in [6.07, 6.45) is 6.35. The minimum absolute atomic E-state index is 0. The average molecular weight is 325 g/mol. The number of nitrogens with zero attached hydrogens (tertiary/aromatic N) is 3. The zero-order valence-electron chi connectivity index (χ0n) is 12.2. The topological polar surface area (TPSA) is 55.0 Å². The van der Waals surface area contributed by atoms with Crippen molar-refractivity contribution in [1.29, 1.82) is 0 Å². The Morgan fingerprint density at radius 2 is 2.00 bits per heavy atom. The summed E-state index contributed by atoms with van der Waals surface area (Å²) in [4.78, 5) is 12.3. The lowest BCUT2D eigenvalue weighted by molar-refractivity contribution is 0.206.